The van der Waals surface area contributed by atoms with Gasteiger partial charge in [0.05, 0.1) is 0 Å². The summed E-state index contributed by atoms with van der Waals surface area (Å²) < 4.78 is 5.38. The maximum absolute atomic E-state index is 11.6. The largest absolute Gasteiger partial charge is 0.462 e. The molecule has 0 unspecified atom stereocenters. The SMILES string of the molecule is I.NC(=NCCCC(=O)OC1CCCC1)Nc1ccccc1. The Bertz CT molecular complexity index is 474. The van der Waals surface area contributed by atoms with Crippen molar-refractivity contribution in [3.05, 3.63) is 30.3 Å². The molecule has 2 rings (SSSR count). The van der Waals surface area contributed by atoms with Gasteiger partial charge in [0.2, 0.25) is 0 Å². The van der Waals surface area contributed by atoms with Crippen LogP contribution in [0.1, 0.15) is 38.5 Å². The van der Waals surface area contributed by atoms with Gasteiger partial charge in [0.15, 0.2) is 5.96 Å². The van der Waals surface area contributed by atoms with Gasteiger partial charge < -0.3 is 15.8 Å². The molecule has 5 nitrogen and oxygen atoms in total. The summed E-state index contributed by atoms with van der Waals surface area (Å²) >= 11 is 0. The van der Waals surface area contributed by atoms with Crippen molar-refractivity contribution in [2.24, 2.45) is 10.7 Å². The normalized spacial score (nSPS) is 15.2. The molecule has 0 aliphatic heterocycles. The van der Waals surface area contributed by atoms with Crippen molar-refractivity contribution in [1.82, 2.24) is 0 Å². The first-order valence-corrected chi connectivity index (χ1v) is 7.55. The van der Waals surface area contributed by atoms with Crippen LogP contribution in [0.5, 0.6) is 0 Å². The Morgan fingerprint density at radius 3 is 2.64 bits per heavy atom. The quantitative estimate of drug-likeness (QED) is 0.245. The highest BCUT2D eigenvalue weighted by Gasteiger charge is 2.18. The molecule has 0 amide bonds. The third kappa shape index (κ3) is 7.11. The van der Waals surface area contributed by atoms with Gasteiger partial charge in [-0.25, -0.2) is 0 Å². The Kier molecular flexibility index (Phi) is 8.88. The number of carbonyl (C=O) groups is 1. The van der Waals surface area contributed by atoms with Crippen LogP contribution in [0.15, 0.2) is 35.3 Å². The molecule has 0 bridgehead atoms. The summed E-state index contributed by atoms with van der Waals surface area (Å²) in [5.41, 5.74) is 6.68. The summed E-state index contributed by atoms with van der Waals surface area (Å²) in [6, 6.07) is 9.63. The van der Waals surface area contributed by atoms with E-state index in [1.807, 2.05) is 30.3 Å². The van der Waals surface area contributed by atoms with Gasteiger partial charge in [0.25, 0.3) is 0 Å². The van der Waals surface area contributed by atoms with E-state index in [0.29, 0.717) is 25.3 Å². The molecule has 6 heteroatoms. The zero-order chi connectivity index (χ0) is 14.9. The predicted molar refractivity (Wildman–Crippen MR) is 99.6 cm³/mol. The standard InChI is InChI=1S/C16H23N3O2.HI/c17-16(19-13-7-2-1-3-8-13)18-12-6-11-15(20)21-14-9-4-5-10-14;/h1-3,7-8,14H,4-6,9-12H2,(H3,17,18,19);1H. The molecule has 1 aromatic carbocycles. The molecule has 122 valence electrons. The number of benzene rings is 1. The van der Waals surface area contributed by atoms with Crippen LogP contribution >= 0.6 is 24.0 Å². The zero-order valence-corrected chi connectivity index (χ0v) is 15.0. The van der Waals surface area contributed by atoms with Gasteiger partial charge in [-0.2, -0.15) is 0 Å². The highest BCUT2D eigenvalue weighted by molar-refractivity contribution is 14.0. The third-order valence-electron chi connectivity index (χ3n) is 3.47. The van der Waals surface area contributed by atoms with Crippen molar-refractivity contribution >= 4 is 41.6 Å². The fraction of sp³-hybridized carbons (Fsp3) is 0.500. The Hall–Kier alpha value is -1.31. The highest BCUT2D eigenvalue weighted by atomic mass is 127. The molecule has 1 aromatic rings. The molecule has 0 heterocycles. The fourth-order valence-electron chi connectivity index (χ4n) is 2.38. The number of halogens is 1. The number of rotatable bonds is 6. The van der Waals surface area contributed by atoms with Crippen LogP contribution in [0.3, 0.4) is 0 Å². The summed E-state index contributed by atoms with van der Waals surface area (Å²) in [5.74, 6) is 0.247. The molecule has 1 aliphatic rings. The lowest BCUT2D eigenvalue weighted by Gasteiger charge is -2.10. The summed E-state index contributed by atoms with van der Waals surface area (Å²) in [5, 5.41) is 3.00. The molecule has 3 N–H and O–H groups in total. The van der Waals surface area contributed by atoms with E-state index < -0.39 is 0 Å². The van der Waals surface area contributed by atoms with Crippen molar-refractivity contribution in [2.75, 3.05) is 11.9 Å². The van der Waals surface area contributed by atoms with E-state index in [2.05, 4.69) is 10.3 Å². The minimum absolute atomic E-state index is 0. The van der Waals surface area contributed by atoms with E-state index in [4.69, 9.17) is 10.5 Å². The Morgan fingerprint density at radius 2 is 1.95 bits per heavy atom. The lowest BCUT2D eigenvalue weighted by molar-refractivity contribution is -0.148. The van der Waals surface area contributed by atoms with Crippen molar-refractivity contribution in [3.8, 4) is 0 Å². The van der Waals surface area contributed by atoms with E-state index in [1.54, 1.807) is 0 Å². The average molecular weight is 417 g/mol. The van der Waals surface area contributed by atoms with Gasteiger partial charge >= 0.3 is 5.97 Å². The molecule has 22 heavy (non-hydrogen) atoms. The van der Waals surface area contributed by atoms with Crippen LogP contribution in [0.4, 0.5) is 5.69 Å². The first kappa shape index (κ1) is 18.7. The molecule has 1 saturated carbocycles. The Labute approximate surface area is 148 Å². The number of para-hydroxylation sites is 1. The van der Waals surface area contributed by atoms with Gasteiger partial charge in [-0.1, -0.05) is 18.2 Å². The molecule has 1 fully saturated rings. The number of nitrogens with zero attached hydrogens (tertiary/aromatic N) is 1. The van der Waals surface area contributed by atoms with Crippen LogP contribution < -0.4 is 11.1 Å². The van der Waals surface area contributed by atoms with Gasteiger partial charge in [0.1, 0.15) is 6.10 Å². The highest BCUT2D eigenvalue weighted by Crippen LogP contribution is 2.21. The van der Waals surface area contributed by atoms with E-state index in [-0.39, 0.29) is 36.0 Å². The maximum Gasteiger partial charge on any atom is 0.306 e. The zero-order valence-electron chi connectivity index (χ0n) is 12.7. The molecule has 0 spiro atoms. The number of anilines is 1. The number of nitrogens with one attached hydrogen (secondary N) is 1. The van der Waals surface area contributed by atoms with E-state index in [0.717, 1.165) is 18.5 Å². The first-order valence-electron chi connectivity index (χ1n) is 7.55. The number of hydrogen-bond acceptors (Lipinski definition) is 3. The minimum atomic E-state index is -0.119. The van der Waals surface area contributed by atoms with Crippen LogP contribution in [-0.4, -0.2) is 24.6 Å². The van der Waals surface area contributed by atoms with Gasteiger partial charge in [-0.3, -0.25) is 9.79 Å². The topological polar surface area (TPSA) is 76.7 Å². The molecular weight excluding hydrogens is 393 g/mol. The number of esters is 1. The number of carbonyl (C=O) groups excluding carboxylic acids is 1. The lowest BCUT2D eigenvalue weighted by atomic mass is 10.3. The summed E-state index contributed by atoms with van der Waals surface area (Å²) in [6.07, 6.45) is 5.57. The van der Waals surface area contributed by atoms with Crippen molar-refractivity contribution < 1.29 is 9.53 Å². The van der Waals surface area contributed by atoms with E-state index >= 15 is 0 Å². The summed E-state index contributed by atoms with van der Waals surface area (Å²) in [4.78, 5) is 15.8. The third-order valence-corrected chi connectivity index (χ3v) is 3.47. The van der Waals surface area contributed by atoms with Gasteiger partial charge in [0, 0.05) is 18.7 Å². The molecular formula is C16H24IN3O2. The second-order valence-electron chi connectivity index (χ2n) is 5.26. The van der Waals surface area contributed by atoms with Crippen molar-refractivity contribution in [3.63, 3.8) is 0 Å². The fourth-order valence-corrected chi connectivity index (χ4v) is 2.38. The van der Waals surface area contributed by atoms with Gasteiger partial charge in [-0.05, 0) is 44.2 Å². The van der Waals surface area contributed by atoms with Gasteiger partial charge in [-0.15, -0.1) is 24.0 Å². The summed E-state index contributed by atoms with van der Waals surface area (Å²) in [7, 11) is 0. The number of hydrogen-bond donors (Lipinski definition) is 2. The predicted octanol–water partition coefficient (Wildman–Crippen LogP) is 3.30. The Balaban J connectivity index is 0.00000242. The second kappa shape index (κ2) is 10.4. The van der Waals surface area contributed by atoms with Crippen molar-refractivity contribution in [1.29, 1.82) is 0 Å². The monoisotopic (exact) mass is 417 g/mol. The molecule has 0 atom stereocenters. The smallest absolute Gasteiger partial charge is 0.306 e. The average Bonchev–Trinajstić information content (AvgIpc) is 2.97. The van der Waals surface area contributed by atoms with Crippen LogP contribution in [0, 0.1) is 0 Å². The lowest BCUT2D eigenvalue weighted by Crippen LogP contribution is -2.23. The van der Waals surface area contributed by atoms with E-state index in [9.17, 15) is 4.79 Å². The number of nitrogens with two attached hydrogens (primary N) is 1. The first-order chi connectivity index (χ1) is 10.2. The maximum atomic E-state index is 11.6. The number of ether oxygens (including phenoxy) is 1. The van der Waals surface area contributed by atoms with Crippen LogP contribution in [0.25, 0.3) is 0 Å². The van der Waals surface area contributed by atoms with Crippen molar-refractivity contribution in [2.45, 2.75) is 44.6 Å². The molecule has 0 aromatic heterocycles. The second-order valence-corrected chi connectivity index (χ2v) is 5.26. The molecule has 0 radical (unpaired) electrons. The molecule has 0 saturated heterocycles. The van der Waals surface area contributed by atoms with Crippen LogP contribution in [0.2, 0.25) is 0 Å². The number of aliphatic imine (C=N–C) groups is 1. The van der Waals surface area contributed by atoms with Crippen LogP contribution in [-0.2, 0) is 9.53 Å². The molecule has 1 aliphatic carbocycles. The van der Waals surface area contributed by atoms with E-state index in [1.165, 1.54) is 12.8 Å². The Morgan fingerprint density at radius 1 is 1.27 bits per heavy atom. The summed E-state index contributed by atoms with van der Waals surface area (Å²) in [6.45, 7) is 0.519. The minimum Gasteiger partial charge on any atom is -0.462 e. The number of guanidine groups is 1.